The topological polar surface area (TPSA) is 15.3 Å². The molecule has 2 aliphatic rings. The van der Waals surface area contributed by atoms with Gasteiger partial charge in [-0.15, -0.1) is 0 Å². The number of anilines is 1. The molecular formula is C16H22N2. The minimum atomic E-state index is 0.895. The van der Waals surface area contributed by atoms with Crippen LogP contribution < -0.4 is 5.32 Å². The maximum atomic E-state index is 3.51. The van der Waals surface area contributed by atoms with Crippen LogP contribution in [-0.2, 0) is 0 Å². The lowest BCUT2D eigenvalue weighted by Crippen LogP contribution is -2.39. The van der Waals surface area contributed by atoms with Crippen LogP contribution >= 0.6 is 0 Å². The monoisotopic (exact) mass is 242 g/mol. The number of likely N-dealkylation sites (tertiary alicyclic amines) is 1. The molecule has 96 valence electrons. The van der Waals surface area contributed by atoms with Crippen LogP contribution in [0.1, 0.15) is 25.7 Å². The Balaban J connectivity index is 1.54. The van der Waals surface area contributed by atoms with Crippen molar-refractivity contribution in [2.24, 2.45) is 5.92 Å². The van der Waals surface area contributed by atoms with E-state index in [-0.39, 0.29) is 0 Å². The number of piperidine rings is 1. The first kappa shape index (κ1) is 11.8. The number of allylic oxidation sites excluding steroid dienone is 1. The van der Waals surface area contributed by atoms with Gasteiger partial charge in [0.1, 0.15) is 0 Å². The van der Waals surface area contributed by atoms with E-state index in [2.05, 4.69) is 46.6 Å². The largest absolute Gasteiger partial charge is 0.372 e. The number of hydrogen-bond acceptors (Lipinski definition) is 2. The Hall–Kier alpha value is -1.28. The molecule has 2 heteroatoms. The van der Waals surface area contributed by atoms with Crippen LogP contribution in [0.2, 0.25) is 0 Å². The van der Waals surface area contributed by atoms with E-state index < -0.39 is 0 Å². The lowest BCUT2D eigenvalue weighted by atomic mass is 9.83. The Morgan fingerprint density at radius 1 is 1.17 bits per heavy atom. The highest BCUT2D eigenvalue weighted by Crippen LogP contribution is 2.31. The molecule has 0 amide bonds. The summed E-state index contributed by atoms with van der Waals surface area (Å²) in [5.74, 6) is 0.895. The molecule has 1 atom stereocenters. The maximum absolute atomic E-state index is 3.51. The predicted octanol–water partition coefficient (Wildman–Crippen LogP) is 3.49. The standard InChI is InChI=1S/C16H22N2/c1-2-8-16(9-3-1)17-13-18-11-10-14-6-4-5-7-15(14)12-18/h1-3,7-9,14,17H,4-6,10-13H2. The lowest BCUT2D eigenvalue weighted by Gasteiger charge is -2.36. The van der Waals surface area contributed by atoms with Crippen LogP contribution in [0.5, 0.6) is 0 Å². The van der Waals surface area contributed by atoms with Crippen molar-refractivity contribution >= 4 is 5.69 Å². The van der Waals surface area contributed by atoms with Crippen LogP contribution in [-0.4, -0.2) is 24.7 Å². The summed E-state index contributed by atoms with van der Waals surface area (Å²) in [5, 5.41) is 3.51. The van der Waals surface area contributed by atoms with Crippen molar-refractivity contribution in [2.45, 2.75) is 25.7 Å². The van der Waals surface area contributed by atoms with Gasteiger partial charge in [0.15, 0.2) is 0 Å². The fourth-order valence-electron chi connectivity index (χ4n) is 3.10. The van der Waals surface area contributed by atoms with Gasteiger partial charge in [0.2, 0.25) is 0 Å². The summed E-state index contributed by atoms with van der Waals surface area (Å²) in [5.41, 5.74) is 2.92. The highest BCUT2D eigenvalue weighted by atomic mass is 15.2. The number of benzene rings is 1. The average molecular weight is 242 g/mol. The van der Waals surface area contributed by atoms with Crippen LogP contribution in [0.15, 0.2) is 42.0 Å². The van der Waals surface area contributed by atoms with E-state index in [1.54, 1.807) is 5.57 Å². The number of fused-ring (bicyclic) bond motifs is 1. The van der Waals surface area contributed by atoms with E-state index in [4.69, 9.17) is 0 Å². The lowest BCUT2D eigenvalue weighted by molar-refractivity contribution is 0.235. The third-order valence-corrected chi connectivity index (χ3v) is 4.17. The molecule has 1 saturated heterocycles. The van der Waals surface area contributed by atoms with Crippen molar-refractivity contribution < 1.29 is 0 Å². The minimum absolute atomic E-state index is 0.895. The van der Waals surface area contributed by atoms with E-state index >= 15 is 0 Å². The minimum Gasteiger partial charge on any atom is -0.372 e. The van der Waals surface area contributed by atoms with Gasteiger partial charge in [-0.25, -0.2) is 0 Å². The van der Waals surface area contributed by atoms with Crippen molar-refractivity contribution in [1.29, 1.82) is 0 Å². The molecule has 0 bridgehead atoms. The molecule has 2 nitrogen and oxygen atoms in total. The van der Waals surface area contributed by atoms with Gasteiger partial charge in [0.25, 0.3) is 0 Å². The van der Waals surface area contributed by atoms with E-state index in [1.165, 1.54) is 44.5 Å². The third-order valence-electron chi connectivity index (χ3n) is 4.17. The van der Waals surface area contributed by atoms with Crippen molar-refractivity contribution in [2.75, 3.05) is 25.1 Å². The number of hydrogen-bond donors (Lipinski definition) is 1. The average Bonchev–Trinajstić information content (AvgIpc) is 2.46. The van der Waals surface area contributed by atoms with Gasteiger partial charge in [0.05, 0.1) is 6.67 Å². The summed E-state index contributed by atoms with van der Waals surface area (Å²) in [6.07, 6.45) is 7.96. The molecule has 0 aromatic heterocycles. The zero-order valence-corrected chi connectivity index (χ0v) is 10.9. The van der Waals surface area contributed by atoms with Gasteiger partial charge in [-0.1, -0.05) is 29.8 Å². The molecule has 1 unspecified atom stereocenters. The number of nitrogens with one attached hydrogen (secondary N) is 1. The smallest absolute Gasteiger partial charge is 0.0681 e. The number of rotatable bonds is 3. The molecule has 0 spiro atoms. The van der Waals surface area contributed by atoms with Crippen molar-refractivity contribution in [3.8, 4) is 0 Å². The second kappa shape index (κ2) is 5.57. The molecule has 1 aromatic carbocycles. The van der Waals surface area contributed by atoms with Gasteiger partial charge in [-0.3, -0.25) is 4.90 Å². The fourth-order valence-corrected chi connectivity index (χ4v) is 3.10. The summed E-state index contributed by atoms with van der Waals surface area (Å²) in [6.45, 7) is 3.38. The first-order valence-electron chi connectivity index (χ1n) is 7.12. The first-order valence-corrected chi connectivity index (χ1v) is 7.12. The summed E-state index contributed by atoms with van der Waals surface area (Å²) >= 11 is 0. The van der Waals surface area contributed by atoms with E-state index in [1.807, 2.05) is 0 Å². The Morgan fingerprint density at radius 2 is 2.06 bits per heavy atom. The molecule has 1 aromatic rings. The molecule has 1 heterocycles. The van der Waals surface area contributed by atoms with Gasteiger partial charge >= 0.3 is 0 Å². The Bertz CT molecular complexity index is 410. The molecule has 1 fully saturated rings. The van der Waals surface area contributed by atoms with Crippen molar-refractivity contribution in [3.05, 3.63) is 42.0 Å². The molecule has 3 rings (SSSR count). The normalized spacial score (nSPS) is 24.2. The van der Waals surface area contributed by atoms with E-state index in [0.29, 0.717) is 0 Å². The summed E-state index contributed by atoms with van der Waals surface area (Å²) in [4.78, 5) is 2.53. The van der Waals surface area contributed by atoms with Crippen molar-refractivity contribution in [3.63, 3.8) is 0 Å². The number of para-hydroxylation sites is 1. The van der Waals surface area contributed by atoms with Crippen LogP contribution in [0.25, 0.3) is 0 Å². The molecular weight excluding hydrogens is 220 g/mol. The molecule has 0 saturated carbocycles. The summed E-state index contributed by atoms with van der Waals surface area (Å²) in [6, 6.07) is 10.5. The maximum Gasteiger partial charge on any atom is 0.0681 e. The molecule has 18 heavy (non-hydrogen) atoms. The van der Waals surface area contributed by atoms with Crippen molar-refractivity contribution in [1.82, 2.24) is 4.90 Å². The zero-order valence-electron chi connectivity index (χ0n) is 10.9. The molecule has 1 N–H and O–H groups in total. The SMILES string of the molecule is C1=C2CN(CNc3ccccc3)CCC2CCC1. The van der Waals surface area contributed by atoms with E-state index in [9.17, 15) is 0 Å². The predicted molar refractivity (Wildman–Crippen MR) is 76.5 cm³/mol. The molecule has 1 aliphatic carbocycles. The Morgan fingerprint density at radius 3 is 2.94 bits per heavy atom. The highest BCUT2D eigenvalue weighted by Gasteiger charge is 2.24. The zero-order chi connectivity index (χ0) is 12.2. The second-order valence-electron chi connectivity index (χ2n) is 5.45. The highest BCUT2D eigenvalue weighted by molar-refractivity contribution is 5.42. The van der Waals surface area contributed by atoms with Gasteiger partial charge in [-0.2, -0.15) is 0 Å². The van der Waals surface area contributed by atoms with E-state index in [0.717, 1.165) is 12.6 Å². The van der Waals surface area contributed by atoms with Gasteiger partial charge in [-0.05, 0) is 43.7 Å². The van der Waals surface area contributed by atoms with Crippen LogP contribution in [0.4, 0.5) is 5.69 Å². The third kappa shape index (κ3) is 2.75. The van der Waals surface area contributed by atoms with Crippen LogP contribution in [0.3, 0.4) is 0 Å². The first-order chi connectivity index (χ1) is 8.92. The quantitative estimate of drug-likeness (QED) is 0.816. The fraction of sp³-hybridized carbons (Fsp3) is 0.500. The van der Waals surface area contributed by atoms with Gasteiger partial charge < -0.3 is 5.32 Å². The Kier molecular flexibility index (Phi) is 3.65. The Labute approximate surface area is 110 Å². The van der Waals surface area contributed by atoms with Gasteiger partial charge in [0, 0.05) is 18.8 Å². The summed E-state index contributed by atoms with van der Waals surface area (Å²) in [7, 11) is 0. The molecule has 0 radical (unpaired) electrons. The number of nitrogens with zero attached hydrogens (tertiary/aromatic N) is 1. The second-order valence-corrected chi connectivity index (χ2v) is 5.45. The summed E-state index contributed by atoms with van der Waals surface area (Å²) < 4.78 is 0. The van der Waals surface area contributed by atoms with Crippen LogP contribution in [0, 0.1) is 5.92 Å². The molecule has 1 aliphatic heterocycles.